The molecule has 0 unspecified atom stereocenters. The highest BCUT2D eigenvalue weighted by atomic mass is 32.1. The van der Waals surface area contributed by atoms with E-state index in [1.54, 1.807) is 0 Å². The summed E-state index contributed by atoms with van der Waals surface area (Å²) in [6.07, 6.45) is 2.24. The molecule has 1 amide bonds. The molecule has 0 aliphatic carbocycles. The average Bonchev–Trinajstić information content (AvgIpc) is 2.91. The summed E-state index contributed by atoms with van der Waals surface area (Å²) in [4.78, 5) is 17.8. The van der Waals surface area contributed by atoms with E-state index in [2.05, 4.69) is 11.9 Å². The van der Waals surface area contributed by atoms with Gasteiger partial charge in [-0.25, -0.2) is 0 Å². The number of thiophene rings is 1. The smallest absolute Gasteiger partial charge is 0.263 e. The Kier molecular flexibility index (Phi) is 4.10. The van der Waals surface area contributed by atoms with Crippen LogP contribution >= 0.6 is 11.3 Å². The zero-order chi connectivity index (χ0) is 14.0. The normalized spacial score (nSPS) is 28.6. The Bertz CT molecular complexity index is 462. The lowest BCUT2D eigenvalue weighted by Gasteiger charge is -2.43. The second-order valence-electron chi connectivity index (χ2n) is 6.10. The van der Waals surface area contributed by atoms with Gasteiger partial charge in [0.15, 0.2) is 0 Å². The quantitative estimate of drug-likeness (QED) is 0.793. The lowest BCUT2D eigenvalue weighted by molar-refractivity contribution is 0.00881. The molecule has 0 N–H and O–H groups in total. The van der Waals surface area contributed by atoms with Gasteiger partial charge >= 0.3 is 0 Å². The third kappa shape index (κ3) is 2.90. The van der Waals surface area contributed by atoms with Gasteiger partial charge in [0.05, 0.1) is 18.1 Å². The first-order valence-electron chi connectivity index (χ1n) is 7.28. The van der Waals surface area contributed by atoms with E-state index in [4.69, 9.17) is 4.74 Å². The van der Waals surface area contributed by atoms with Crippen LogP contribution in [-0.4, -0.2) is 62.1 Å². The summed E-state index contributed by atoms with van der Waals surface area (Å²) >= 11 is 1.53. The standard InChI is InChI=1S/C15H22N2O2S/c1-16-7-8-19-12-15(10-16)5-3-6-17(11-15)14(18)13-4-2-9-20-13/h2,4,9H,3,5-8,10-12H2,1H3/t15-/m0/s1. The second kappa shape index (κ2) is 5.84. The number of likely N-dealkylation sites (N-methyl/N-ethyl adjacent to an activating group) is 1. The van der Waals surface area contributed by atoms with Gasteiger partial charge in [0.1, 0.15) is 0 Å². The number of amides is 1. The van der Waals surface area contributed by atoms with Crippen molar-refractivity contribution in [2.45, 2.75) is 12.8 Å². The molecule has 2 fully saturated rings. The summed E-state index contributed by atoms with van der Waals surface area (Å²) < 4.78 is 5.80. The highest BCUT2D eigenvalue weighted by Crippen LogP contribution is 2.33. The first-order valence-corrected chi connectivity index (χ1v) is 8.16. The maximum absolute atomic E-state index is 12.5. The van der Waals surface area contributed by atoms with Crippen LogP contribution in [0.1, 0.15) is 22.5 Å². The Morgan fingerprint density at radius 1 is 1.40 bits per heavy atom. The predicted molar refractivity (Wildman–Crippen MR) is 80.2 cm³/mol. The zero-order valence-corrected chi connectivity index (χ0v) is 12.8. The Morgan fingerprint density at radius 2 is 2.30 bits per heavy atom. The Balaban J connectivity index is 1.74. The van der Waals surface area contributed by atoms with Gasteiger partial charge in [-0.15, -0.1) is 11.3 Å². The van der Waals surface area contributed by atoms with Gasteiger partial charge in [-0.05, 0) is 31.3 Å². The molecule has 0 radical (unpaired) electrons. The molecule has 2 aliphatic heterocycles. The summed E-state index contributed by atoms with van der Waals surface area (Å²) in [6, 6.07) is 3.87. The summed E-state index contributed by atoms with van der Waals surface area (Å²) in [5, 5.41) is 1.97. The van der Waals surface area contributed by atoms with Crippen molar-refractivity contribution >= 4 is 17.2 Å². The van der Waals surface area contributed by atoms with Gasteiger partial charge in [-0.3, -0.25) is 4.79 Å². The molecular formula is C15H22N2O2S. The number of likely N-dealkylation sites (tertiary alicyclic amines) is 1. The molecule has 0 saturated carbocycles. The highest BCUT2D eigenvalue weighted by molar-refractivity contribution is 7.12. The fourth-order valence-electron chi connectivity index (χ4n) is 3.39. The van der Waals surface area contributed by atoms with Gasteiger partial charge in [0, 0.05) is 31.6 Å². The monoisotopic (exact) mass is 294 g/mol. The molecule has 0 aromatic carbocycles. The lowest BCUT2D eigenvalue weighted by Crippen LogP contribution is -2.51. The number of rotatable bonds is 1. The zero-order valence-electron chi connectivity index (χ0n) is 12.0. The molecule has 1 aromatic rings. The van der Waals surface area contributed by atoms with E-state index in [9.17, 15) is 4.79 Å². The van der Waals surface area contributed by atoms with Gasteiger partial charge in [0.2, 0.25) is 0 Å². The number of hydrogen-bond donors (Lipinski definition) is 0. The van der Waals surface area contributed by atoms with Crippen LogP contribution in [0.2, 0.25) is 0 Å². The molecule has 4 nitrogen and oxygen atoms in total. The van der Waals surface area contributed by atoms with Crippen LogP contribution in [0, 0.1) is 5.41 Å². The molecule has 5 heteroatoms. The fraction of sp³-hybridized carbons (Fsp3) is 0.667. The van der Waals surface area contributed by atoms with Crippen molar-refractivity contribution in [3.05, 3.63) is 22.4 Å². The summed E-state index contributed by atoms with van der Waals surface area (Å²) in [6.45, 7) is 5.31. The maximum atomic E-state index is 12.5. The molecule has 1 aromatic heterocycles. The van der Waals surface area contributed by atoms with Crippen molar-refractivity contribution in [2.24, 2.45) is 5.41 Å². The van der Waals surface area contributed by atoms with Crippen molar-refractivity contribution in [1.82, 2.24) is 9.80 Å². The molecule has 3 rings (SSSR count). The first kappa shape index (κ1) is 14.0. The van der Waals surface area contributed by atoms with Crippen LogP contribution in [0.25, 0.3) is 0 Å². The minimum absolute atomic E-state index is 0.121. The topological polar surface area (TPSA) is 32.8 Å². The Morgan fingerprint density at radius 3 is 3.10 bits per heavy atom. The van der Waals surface area contributed by atoms with Crippen molar-refractivity contribution in [1.29, 1.82) is 0 Å². The minimum atomic E-state index is 0.121. The third-order valence-electron chi connectivity index (χ3n) is 4.31. The lowest BCUT2D eigenvalue weighted by atomic mass is 9.80. The van der Waals surface area contributed by atoms with E-state index < -0.39 is 0 Å². The number of hydrogen-bond acceptors (Lipinski definition) is 4. The van der Waals surface area contributed by atoms with E-state index >= 15 is 0 Å². The summed E-state index contributed by atoms with van der Waals surface area (Å²) in [5.74, 6) is 0.186. The fourth-order valence-corrected chi connectivity index (χ4v) is 4.08. The second-order valence-corrected chi connectivity index (χ2v) is 7.05. The van der Waals surface area contributed by atoms with Crippen molar-refractivity contribution in [2.75, 3.05) is 46.4 Å². The molecule has 1 atom stereocenters. The van der Waals surface area contributed by atoms with Crippen LogP contribution < -0.4 is 0 Å². The van der Waals surface area contributed by atoms with Gasteiger partial charge < -0.3 is 14.5 Å². The molecular weight excluding hydrogens is 272 g/mol. The van der Waals surface area contributed by atoms with E-state index in [0.717, 1.165) is 57.1 Å². The number of carbonyl (C=O) groups excluding carboxylic acids is 1. The largest absolute Gasteiger partial charge is 0.379 e. The van der Waals surface area contributed by atoms with Crippen LogP contribution in [0.4, 0.5) is 0 Å². The van der Waals surface area contributed by atoms with E-state index in [1.165, 1.54) is 11.3 Å². The van der Waals surface area contributed by atoms with Crippen molar-refractivity contribution in [3.63, 3.8) is 0 Å². The molecule has 2 saturated heterocycles. The van der Waals surface area contributed by atoms with Crippen LogP contribution in [0.3, 0.4) is 0 Å². The van der Waals surface area contributed by atoms with Crippen molar-refractivity contribution < 1.29 is 9.53 Å². The van der Waals surface area contributed by atoms with Gasteiger partial charge in [0.25, 0.3) is 5.91 Å². The van der Waals surface area contributed by atoms with Gasteiger partial charge in [-0.1, -0.05) is 6.07 Å². The number of carbonyl (C=O) groups is 1. The van der Waals surface area contributed by atoms with Crippen molar-refractivity contribution in [3.8, 4) is 0 Å². The predicted octanol–water partition coefficient (Wildman–Crippen LogP) is 1.93. The van der Waals surface area contributed by atoms with Crippen LogP contribution in [-0.2, 0) is 4.74 Å². The van der Waals surface area contributed by atoms with E-state index in [0.29, 0.717) is 0 Å². The Hall–Kier alpha value is -0.910. The highest BCUT2D eigenvalue weighted by Gasteiger charge is 2.39. The molecule has 2 aliphatic rings. The number of piperidine rings is 1. The molecule has 1 spiro atoms. The van der Waals surface area contributed by atoms with E-state index in [1.807, 2.05) is 22.4 Å². The maximum Gasteiger partial charge on any atom is 0.263 e. The van der Waals surface area contributed by atoms with Crippen LogP contribution in [0.15, 0.2) is 17.5 Å². The number of ether oxygens (including phenoxy) is 1. The molecule has 3 heterocycles. The first-order chi connectivity index (χ1) is 9.69. The third-order valence-corrected chi connectivity index (χ3v) is 5.17. The average molecular weight is 294 g/mol. The molecule has 20 heavy (non-hydrogen) atoms. The molecule has 0 bridgehead atoms. The molecule has 110 valence electrons. The van der Waals surface area contributed by atoms with Gasteiger partial charge in [-0.2, -0.15) is 0 Å². The SMILES string of the molecule is CN1CCOC[C@@]2(CCCN(C(=O)c3cccs3)C2)C1. The van der Waals surface area contributed by atoms with Crippen LogP contribution in [0.5, 0.6) is 0 Å². The Labute approximate surface area is 124 Å². The summed E-state index contributed by atoms with van der Waals surface area (Å²) in [7, 11) is 2.15. The number of nitrogens with zero attached hydrogens (tertiary/aromatic N) is 2. The van der Waals surface area contributed by atoms with E-state index in [-0.39, 0.29) is 11.3 Å². The summed E-state index contributed by atoms with van der Waals surface area (Å²) in [5.41, 5.74) is 0.121. The minimum Gasteiger partial charge on any atom is -0.379 e.